The van der Waals surface area contributed by atoms with Crippen LogP contribution in [0.1, 0.15) is 22.5 Å². The zero-order chi connectivity index (χ0) is 14.1. The standard InChI is InChI=1S/C14H14Cl2N2OS/c15-10-3-4-11(16)13-9(10)6-12(20-13)14(19)18-8-2-1-5-17-7-8/h3-4,6,8,17H,1-2,5,7H2,(H,18,19). The molecular weight excluding hydrogens is 315 g/mol. The number of carbonyl (C=O) groups is 1. The molecule has 1 aromatic carbocycles. The largest absolute Gasteiger partial charge is 0.347 e. The second-order valence-corrected chi connectivity index (χ2v) is 6.77. The fraction of sp³-hybridized carbons (Fsp3) is 0.357. The smallest absolute Gasteiger partial charge is 0.261 e. The third-order valence-corrected chi connectivity index (χ3v) is 5.36. The van der Waals surface area contributed by atoms with E-state index in [0.717, 1.165) is 36.0 Å². The summed E-state index contributed by atoms with van der Waals surface area (Å²) in [7, 11) is 0. The topological polar surface area (TPSA) is 41.1 Å². The summed E-state index contributed by atoms with van der Waals surface area (Å²) in [5.41, 5.74) is 0. The van der Waals surface area contributed by atoms with E-state index in [2.05, 4.69) is 10.6 Å². The van der Waals surface area contributed by atoms with Crippen LogP contribution in [0, 0.1) is 0 Å². The highest BCUT2D eigenvalue weighted by Gasteiger charge is 2.19. The molecule has 1 atom stereocenters. The van der Waals surface area contributed by atoms with Crippen LogP contribution >= 0.6 is 34.5 Å². The second kappa shape index (κ2) is 5.90. The van der Waals surface area contributed by atoms with Crippen LogP contribution in [0.15, 0.2) is 18.2 Å². The van der Waals surface area contributed by atoms with Gasteiger partial charge in [0.2, 0.25) is 0 Å². The number of nitrogens with one attached hydrogen (secondary N) is 2. The highest BCUT2D eigenvalue weighted by Crippen LogP contribution is 2.36. The van der Waals surface area contributed by atoms with Crippen LogP contribution in [0.3, 0.4) is 0 Å². The number of amides is 1. The summed E-state index contributed by atoms with van der Waals surface area (Å²) in [6, 6.07) is 5.54. The molecule has 1 aromatic heterocycles. The van der Waals surface area contributed by atoms with Crippen LogP contribution in [0.25, 0.3) is 10.1 Å². The SMILES string of the molecule is O=C(NC1CCCNC1)c1cc2c(Cl)ccc(Cl)c2s1. The molecule has 0 radical (unpaired) electrons. The minimum atomic E-state index is -0.0490. The molecular formula is C14H14Cl2N2OS. The van der Waals surface area contributed by atoms with Gasteiger partial charge in [-0.05, 0) is 37.6 Å². The second-order valence-electron chi connectivity index (χ2n) is 4.90. The van der Waals surface area contributed by atoms with Gasteiger partial charge in [-0.25, -0.2) is 0 Å². The van der Waals surface area contributed by atoms with Gasteiger partial charge in [0.1, 0.15) is 0 Å². The van der Waals surface area contributed by atoms with Crippen LogP contribution in [-0.2, 0) is 0 Å². The number of hydrogen-bond donors (Lipinski definition) is 2. The molecule has 1 aliphatic heterocycles. The fourth-order valence-corrected chi connectivity index (χ4v) is 3.94. The Balaban J connectivity index is 1.84. The highest BCUT2D eigenvalue weighted by molar-refractivity contribution is 7.21. The molecule has 3 rings (SSSR count). The van der Waals surface area contributed by atoms with Crippen molar-refractivity contribution in [2.24, 2.45) is 0 Å². The van der Waals surface area contributed by atoms with Crippen molar-refractivity contribution in [3.63, 3.8) is 0 Å². The molecule has 1 fully saturated rings. The molecule has 0 saturated carbocycles. The first-order valence-electron chi connectivity index (χ1n) is 6.54. The lowest BCUT2D eigenvalue weighted by Gasteiger charge is -2.23. The Morgan fingerprint density at radius 3 is 2.85 bits per heavy atom. The van der Waals surface area contributed by atoms with Gasteiger partial charge in [0.25, 0.3) is 5.91 Å². The fourth-order valence-electron chi connectivity index (χ4n) is 2.40. The summed E-state index contributed by atoms with van der Waals surface area (Å²) < 4.78 is 0.867. The minimum absolute atomic E-state index is 0.0490. The predicted molar refractivity (Wildman–Crippen MR) is 85.2 cm³/mol. The van der Waals surface area contributed by atoms with Gasteiger partial charge in [0, 0.05) is 23.0 Å². The maximum Gasteiger partial charge on any atom is 0.261 e. The van der Waals surface area contributed by atoms with Crippen molar-refractivity contribution in [3.05, 3.63) is 33.1 Å². The van der Waals surface area contributed by atoms with E-state index in [1.807, 2.05) is 6.07 Å². The van der Waals surface area contributed by atoms with Crippen LogP contribution in [-0.4, -0.2) is 25.0 Å². The van der Waals surface area contributed by atoms with Crippen LogP contribution in [0.5, 0.6) is 0 Å². The number of fused-ring (bicyclic) bond motifs is 1. The summed E-state index contributed by atoms with van der Waals surface area (Å²) in [5, 5.41) is 8.44. The zero-order valence-electron chi connectivity index (χ0n) is 10.7. The molecule has 0 spiro atoms. The van der Waals surface area contributed by atoms with E-state index < -0.39 is 0 Å². The van der Waals surface area contributed by atoms with Crippen molar-refractivity contribution < 1.29 is 4.79 Å². The summed E-state index contributed by atoms with van der Waals surface area (Å²) in [6.45, 7) is 1.86. The van der Waals surface area contributed by atoms with Crippen molar-refractivity contribution in [2.45, 2.75) is 18.9 Å². The average Bonchev–Trinajstić information content (AvgIpc) is 2.91. The number of benzene rings is 1. The number of thiophene rings is 1. The van der Waals surface area contributed by atoms with E-state index >= 15 is 0 Å². The van der Waals surface area contributed by atoms with Gasteiger partial charge in [-0.3, -0.25) is 4.79 Å². The molecule has 1 saturated heterocycles. The Hall–Kier alpha value is -0.810. The maximum atomic E-state index is 12.3. The average molecular weight is 329 g/mol. The molecule has 20 heavy (non-hydrogen) atoms. The van der Waals surface area contributed by atoms with Gasteiger partial charge < -0.3 is 10.6 Å². The van der Waals surface area contributed by atoms with E-state index in [1.54, 1.807) is 12.1 Å². The lowest BCUT2D eigenvalue weighted by Crippen LogP contribution is -2.45. The minimum Gasteiger partial charge on any atom is -0.347 e. The van der Waals surface area contributed by atoms with E-state index in [1.165, 1.54) is 11.3 Å². The number of rotatable bonds is 2. The molecule has 0 bridgehead atoms. The Morgan fingerprint density at radius 1 is 1.35 bits per heavy atom. The predicted octanol–water partition coefficient (Wildman–Crippen LogP) is 3.69. The first kappa shape index (κ1) is 14.1. The van der Waals surface area contributed by atoms with Gasteiger partial charge in [-0.15, -0.1) is 11.3 Å². The van der Waals surface area contributed by atoms with E-state index in [0.29, 0.717) is 14.9 Å². The van der Waals surface area contributed by atoms with Crippen molar-refractivity contribution in [3.8, 4) is 0 Å². The number of piperidine rings is 1. The third-order valence-electron chi connectivity index (χ3n) is 3.44. The van der Waals surface area contributed by atoms with Gasteiger partial charge in [-0.1, -0.05) is 23.2 Å². The van der Waals surface area contributed by atoms with Crippen LogP contribution in [0.4, 0.5) is 0 Å². The molecule has 1 amide bonds. The van der Waals surface area contributed by atoms with Gasteiger partial charge >= 0.3 is 0 Å². The van der Waals surface area contributed by atoms with E-state index in [9.17, 15) is 4.79 Å². The summed E-state index contributed by atoms with van der Waals surface area (Å²) in [6.07, 6.45) is 2.11. The van der Waals surface area contributed by atoms with E-state index in [-0.39, 0.29) is 11.9 Å². The molecule has 2 N–H and O–H groups in total. The first-order chi connectivity index (χ1) is 9.65. The van der Waals surface area contributed by atoms with Crippen molar-refractivity contribution in [1.82, 2.24) is 10.6 Å². The first-order valence-corrected chi connectivity index (χ1v) is 8.11. The molecule has 2 heterocycles. The molecule has 3 nitrogen and oxygen atoms in total. The van der Waals surface area contributed by atoms with Gasteiger partial charge in [-0.2, -0.15) is 0 Å². The maximum absolute atomic E-state index is 12.3. The monoisotopic (exact) mass is 328 g/mol. The van der Waals surface area contributed by atoms with Crippen LogP contribution < -0.4 is 10.6 Å². The molecule has 1 unspecified atom stereocenters. The zero-order valence-corrected chi connectivity index (χ0v) is 13.0. The van der Waals surface area contributed by atoms with Crippen molar-refractivity contribution >= 4 is 50.5 Å². The van der Waals surface area contributed by atoms with Gasteiger partial charge in [0.15, 0.2) is 0 Å². The number of carbonyl (C=O) groups excluding carboxylic acids is 1. The lowest BCUT2D eigenvalue weighted by atomic mass is 10.1. The Labute approximate surface area is 131 Å². The quantitative estimate of drug-likeness (QED) is 0.882. The molecule has 6 heteroatoms. The number of halogens is 2. The van der Waals surface area contributed by atoms with Crippen molar-refractivity contribution in [1.29, 1.82) is 0 Å². The molecule has 1 aliphatic rings. The Morgan fingerprint density at radius 2 is 2.15 bits per heavy atom. The van der Waals surface area contributed by atoms with E-state index in [4.69, 9.17) is 23.2 Å². The van der Waals surface area contributed by atoms with Gasteiger partial charge in [0.05, 0.1) is 14.6 Å². The molecule has 2 aromatic rings. The van der Waals surface area contributed by atoms with Crippen molar-refractivity contribution in [2.75, 3.05) is 13.1 Å². The summed E-state index contributed by atoms with van der Waals surface area (Å²) >= 11 is 13.7. The summed E-state index contributed by atoms with van der Waals surface area (Å²) in [5.74, 6) is -0.0490. The third kappa shape index (κ3) is 2.79. The van der Waals surface area contributed by atoms with Crippen LogP contribution in [0.2, 0.25) is 10.0 Å². The Kier molecular flexibility index (Phi) is 4.17. The normalized spacial score (nSPS) is 19.2. The molecule has 106 valence electrons. The highest BCUT2D eigenvalue weighted by atomic mass is 35.5. The lowest BCUT2D eigenvalue weighted by molar-refractivity contribution is 0.0935. The number of hydrogen-bond acceptors (Lipinski definition) is 3. The summed E-state index contributed by atoms with van der Waals surface area (Å²) in [4.78, 5) is 12.9. The molecule has 0 aliphatic carbocycles. The Bertz CT molecular complexity index is 611.